The molecule has 0 aliphatic carbocycles. The van der Waals surface area contributed by atoms with Crippen molar-refractivity contribution in [1.82, 2.24) is 4.90 Å². The Morgan fingerprint density at radius 1 is 0.939 bits per heavy atom. The fraction of sp³-hybridized carbons (Fsp3) is 0.185. The predicted molar refractivity (Wildman–Crippen MR) is 133 cm³/mol. The fourth-order valence-electron chi connectivity index (χ4n) is 3.23. The third kappa shape index (κ3) is 6.69. The number of carbonyl (C=O) groups excluding carboxylic acids is 1. The molecule has 170 valence electrons. The number of nitrogens with one attached hydrogen (secondary N) is 1. The monoisotopic (exact) mass is 460 g/mol. The molecule has 0 radical (unpaired) electrons. The van der Waals surface area contributed by atoms with Gasteiger partial charge in [-0.1, -0.05) is 60.2 Å². The van der Waals surface area contributed by atoms with Gasteiger partial charge in [0.2, 0.25) is 0 Å². The number of para-hydroxylation sites is 1. The van der Waals surface area contributed by atoms with Crippen molar-refractivity contribution in [2.45, 2.75) is 32.2 Å². The van der Waals surface area contributed by atoms with E-state index >= 15 is 0 Å². The number of anilines is 1. The molecule has 0 aliphatic rings. The van der Waals surface area contributed by atoms with Crippen LogP contribution in [0, 0.1) is 6.92 Å². The summed E-state index contributed by atoms with van der Waals surface area (Å²) in [5, 5.41) is 0. The minimum absolute atomic E-state index is 0.142. The maximum absolute atomic E-state index is 13.5. The molecule has 0 saturated heterocycles. The molecule has 5 nitrogen and oxygen atoms in total. The van der Waals surface area contributed by atoms with Crippen molar-refractivity contribution < 1.29 is 13.2 Å². The summed E-state index contributed by atoms with van der Waals surface area (Å²) in [5.41, 5.74) is 6.61. The van der Waals surface area contributed by atoms with Crippen molar-refractivity contribution >= 4 is 21.6 Å². The summed E-state index contributed by atoms with van der Waals surface area (Å²) in [6.45, 7) is 6.50. The SMILES string of the molecule is CC(C)=C=CCN(Cc1ccccc1)C(=O)c1ccccc1NS(=O)(=O)c1ccc(C)cc1. The average molecular weight is 461 g/mol. The molecule has 0 unspecified atom stereocenters. The number of sulfonamides is 1. The molecular formula is C27H28N2O3S. The van der Waals surface area contributed by atoms with E-state index in [9.17, 15) is 13.2 Å². The van der Waals surface area contributed by atoms with Gasteiger partial charge < -0.3 is 4.90 Å². The van der Waals surface area contributed by atoms with E-state index in [-0.39, 0.29) is 22.1 Å². The lowest BCUT2D eigenvalue weighted by atomic mass is 10.1. The number of nitrogens with zero attached hydrogens (tertiary/aromatic N) is 1. The van der Waals surface area contributed by atoms with Gasteiger partial charge in [-0.05, 0) is 62.2 Å². The summed E-state index contributed by atoms with van der Waals surface area (Å²) in [5.74, 6) is -0.270. The molecular weight excluding hydrogens is 432 g/mol. The molecule has 1 N–H and O–H groups in total. The normalized spacial score (nSPS) is 10.8. The molecule has 0 bridgehead atoms. The smallest absolute Gasteiger partial charge is 0.261 e. The van der Waals surface area contributed by atoms with E-state index < -0.39 is 10.0 Å². The third-order valence-corrected chi connectivity index (χ3v) is 6.32. The van der Waals surface area contributed by atoms with Gasteiger partial charge in [0.25, 0.3) is 15.9 Å². The van der Waals surface area contributed by atoms with Crippen LogP contribution >= 0.6 is 0 Å². The minimum Gasteiger partial charge on any atom is -0.330 e. The standard InChI is InChI=1S/C27H28N2O3S/c1-21(2)10-9-19-29(20-23-11-5-4-6-12-23)27(30)25-13-7-8-14-26(25)28-33(31,32)24-17-15-22(3)16-18-24/h4-9,11-18,28H,19-20H2,1-3H3. The first-order valence-corrected chi connectivity index (χ1v) is 12.1. The van der Waals surface area contributed by atoms with E-state index in [1.165, 1.54) is 0 Å². The first-order chi connectivity index (χ1) is 15.8. The Labute approximate surface area is 196 Å². The maximum Gasteiger partial charge on any atom is 0.261 e. The van der Waals surface area contributed by atoms with Crippen molar-refractivity contribution in [2.75, 3.05) is 11.3 Å². The minimum atomic E-state index is -3.84. The molecule has 0 aromatic heterocycles. The molecule has 3 aromatic carbocycles. The van der Waals surface area contributed by atoms with Gasteiger partial charge in [0.1, 0.15) is 0 Å². The number of hydrogen-bond donors (Lipinski definition) is 1. The van der Waals surface area contributed by atoms with Crippen LogP contribution in [0.4, 0.5) is 5.69 Å². The second kappa shape index (κ2) is 10.8. The van der Waals surface area contributed by atoms with Crippen LogP contribution in [0.15, 0.2) is 101 Å². The topological polar surface area (TPSA) is 66.5 Å². The molecule has 0 fully saturated rings. The van der Waals surface area contributed by atoms with E-state index in [0.717, 1.165) is 16.7 Å². The lowest BCUT2D eigenvalue weighted by molar-refractivity contribution is 0.0763. The summed E-state index contributed by atoms with van der Waals surface area (Å²) < 4.78 is 28.5. The fourth-order valence-corrected chi connectivity index (χ4v) is 4.31. The lowest BCUT2D eigenvalue weighted by Crippen LogP contribution is -2.31. The summed E-state index contributed by atoms with van der Waals surface area (Å²) >= 11 is 0. The van der Waals surface area contributed by atoms with E-state index in [1.54, 1.807) is 53.4 Å². The Morgan fingerprint density at radius 2 is 1.58 bits per heavy atom. The van der Waals surface area contributed by atoms with Crippen molar-refractivity contribution in [3.05, 3.63) is 113 Å². The van der Waals surface area contributed by atoms with E-state index in [2.05, 4.69) is 10.5 Å². The van der Waals surface area contributed by atoms with Gasteiger partial charge >= 0.3 is 0 Å². The molecule has 0 aliphatic heterocycles. The van der Waals surface area contributed by atoms with Crippen molar-refractivity contribution in [2.24, 2.45) is 0 Å². The van der Waals surface area contributed by atoms with Crippen LogP contribution in [0.1, 0.15) is 35.3 Å². The zero-order valence-corrected chi connectivity index (χ0v) is 19.9. The van der Waals surface area contributed by atoms with Gasteiger partial charge in [0.05, 0.1) is 16.1 Å². The van der Waals surface area contributed by atoms with Crippen LogP contribution in [0.2, 0.25) is 0 Å². The Kier molecular flexibility index (Phi) is 7.88. The van der Waals surface area contributed by atoms with E-state index in [0.29, 0.717) is 13.1 Å². The third-order valence-electron chi connectivity index (χ3n) is 4.94. The molecule has 0 atom stereocenters. The zero-order valence-electron chi connectivity index (χ0n) is 19.1. The highest BCUT2D eigenvalue weighted by Crippen LogP contribution is 2.23. The molecule has 1 amide bonds. The number of hydrogen-bond acceptors (Lipinski definition) is 3. The second-order valence-corrected chi connectivity index (χ2v) is 9.67. The molecule has 6 heteroatoms. The van der Waals surface area contributed by atoms with E-state index in [1.807, 2.05) is 57.2 Å². The zero-order chi connectivity index (χ0) is 23.8. The Morgan fingerprint density at radius 3 is 2.24 bits per heavy atom. The molecule has 3 aromatic rings. The predicted octanol–water partition coefficient (Wildman–Crippen LogP) is 5.56. The number of amides is 1. The summed E-state index contributed by atoms with van der Waals surface area (Å²) in [6.07, 6.45) is 1.81. The van der Waals surface area contributed by atoms with Gasteiger partial charge in [-0.15, -0.1) is 5.73 Å². The van der Waals surface area contributed by atoms with Crippen molar-refractivity contribution in [3.63, 3.8) is 0 Å². The van der Waals surface area contributed by atoms with Gasteiger partial charge in [-0.3, -0.25) is 9.52 Å². The van der Waals surface area contributed by atoms with Crippen LogP contribution in [0.3, 0.4) is 0 Å². The highest BCUT2D eigenvalue weighted by molar-refractivity contribution is 7.92. The number of carbonyl (C=O) groups is 1. The lowest BCUT2D eigenvalue weighted by Gasteiger charge is -2.23. The van der Waals surface area contributed by atoms with Gasteiger partial charge in [0, 0.05) is 13.1 Å². The number of benzene rings is 3. The van der Waals surface area contributed by atoms with Crippen LogP contribution < -0.4 is 4.72 Å². The number of rotatable bonds is 8. The highest BCUT2D eigenvalue weighted by Gasteiger charge is 2.22. The van der Waals surface area contributed by atoms with Gasteiger partial charge in [-0.25, -0.2) is 8.42 Å². The second-order valence-electron chi connectivity index (χ2n) is 7.98. The molecule has 33 heavy (non-hydrogen) atoms. The van der Waals surface area contributed by atoms with Crippen LogP contribution in [0.25, 0.3) is 0 Å². The molecule has 0 saturated carbocycles. The summed E-state index contributed by atoms with van der Waals surface area (Å²) in [4.78, 5) is 15.4. The van der Waals surface area contributed by atoms with Crippen LogP contribution in [-0.2, 0) is 16.6 Å². The quantitative estimate of drug-likeness (QED) is 0.448. The number of aryl methyl sites for hydroxylation is 1. The van der Waals surface area contributed by atoms with Crippen molar-refractivity contribution in [3.8, 4) is 0 Å². The largest absolute Gasteiger partial charge is 0.330 e. The highest BCUT2D eigenvalue weighted by atomic mass is 32.2. The first kappa shape index (κ1) is 24.1. The van der Waals surface area contributed by atoms with Crippen LogP contribution in [-0.4, -0.2) is 25.8 Å². The Balaban J connectivity index is 1.93. The average Bonchev–Trinajstić information content (AvgIpc) is 2.79. The Hall–Kier alpha value is -3.60. The molecule has 3 rings (SSSR count). The first-order valence-electron chi connectivity index (χ1n) is 10.7. The molecule has 0 heterocycles. The Bertz CT molecular complexity index is 1270. The van der Waals surface area contributed by atoms with E-state index in [4.69, 9.17) is 0 Å². The van der Waals surface area contributed by atoms with Gasteiger partial charge in [0.15, 0.2) is 0 Å². The summed E-state index contributed by atoms with van der Waals surface area (Å²) in [6, 6.07) is 22.9. The van der Waals surface area contributed by atoms with Gasteiger partial charge in [-0.2, -0.15) is 0 Å². The van der Waals surface area contributed by atoms with Crippen molar-refractivity contribution in [1.29, 1.82) is 0 Å². The molecule has 0 spiro atoms. The maximum atomic E-state index is 13.5. The summed E-state index contributed by atoms with van der Waals surface area (Å²) in [7, 11) is -3.84. The van der Waals surface area contributed by atoms with Crippen LogP contribution in [0.5, 0.6) is 0 Å².